The molecule has 5 heteroatoms. The predicted octanol–water partition coefficient (Wildman–Crippen LogP) is 6.35. The third kappa shape index (κ3) is 3.91. The molecule has 4 nitrogen and oxygen atoms in total. The second-order valence-corrected chi connectivity index (χ2v) is 9.28. The fraction of sp³-hybridized carbons (Fsp3) is 0.357. The highest BCUT2D eigenvalue weighted by molar-refractivity contribution is 6.31. The van der Waals surface area contributed by atoms with Crippen LogP contribution in [0.25, 0.3) is 0 Å². The van der Waals surface area contributed by atoms with Gasteiger partial charge in [0.15, 0.2) is 11.6 Å². The number of hydrogen-bond donors (Lipinski definition) is 0. The first-order chi connectivity index (χ1) is 16.1. The third-order valence-corrected chi connectivity index (χ3v) is 7.34. The molecule has 0 bridgehead atoms. The highest BCUT2D eigenvalue weighted by Gasteiger charge is 2.43. The zero-order valence-electron chi connectivity index (χ0n) is 18.9. The lowest BCUT2D eigenvalue weighted by Crippen LogP contribution is -2.39. The molecule has 2 aromatic rings. The molecule has 0 radical (unpaired) electrons. The Bertz CT molecular complexity index is 1140. The molecule has 1 heterocycles. The standard InChI is InChI=1S/C28H28ClNO3/c1-2-30-21-12-7-14-23(31)27(21)26(28-22(30)13-8-15-24(28)32)19-10-4-6-16-25(19)33-17-18-9-3-5-11-20(18)29/h3-6,9-11,16,26H,2,7-8,12-15,17H2,1H3. The van der Waals surface area contributed by atoms with Crippen molar-refractivity contribution in [2.75, 3.05) is 6.54 Å². The number of halogens is 1. The molecule has 0 saturated heterocycles. The van der Waals surface area contributed by atoms with Crippen molar-refractivity contribution in [3.05, 3.63) is 87.2 Å². The van der Waals surface area contributed by atoms with E-state index in [0.29, 0.717) is 30.2 Å². The van der Waals surface area contributed by atoms with Gasteiger partial charge < -0.3 is 9.64 Å². The first kappa shape index (κ1) is 22.0. The van der Waals surface area contributed by atoms with E-state index in [1.807, 2.05) is 48.5 Å². The number of para-hydroxylation sites is 1. The van der Waals surface area contributed by atoms with Crippen molar-refractivity contribution < 1.29 is 14.3 Å². The Labute approximate surface area is 199 Å². The average molecular weight is 462 g/mol. The fourth-order valence-electron chi connectivity index (χ4n) is 5.53. The molecule has 0 saturated carbocycles. The Morgan fingerprint density at radius 1 is 0.879 bits per heavy atom. The summed E-state index contributed by atoms with van der Waals surface area (Å²) >= 11 is 6.34. The molecule has 2 aromatic carbocycles. The Balaban J connectivity index is 1.62. The van der Waals surface area contributed by atoms with Gasteiger partial charge in [-0.25, -0.2) is 0 Å². The molecule has 3 aliphatic rings. The first-order valence-electron chi connectivity index (χ1n) is 11.8. The van der Waals surface area contributed by atoms with Gasteiger partial charge in [-0.15, -0.1) is 0 Å². The number of allylic oxidation sites excluding steroid dienone is 4. The van der Waals surface area contributed by atoms with Crippen LogP contribution in [-0.4, -0.2) is 23.0 Å². The second kappa shape index (κ2) is 9.18. The van der Waals surface area contributed by atoms with Crippen molar-refractivity contribution in [3.8, 4) is 5.75 Å². The quantitative estimate of drug-likeness (QED) is 0.520. The van der Waals surface area contributed by atoms with Gasteiger partial charge in [0.25, 0.3) is 0 Å². The number of rotatable bonds is 5. The number of carbonyl (C=O) groups excluding carboxylic acids is 2. The summed E-state index contributed by atoms with van der Waals surface area (Å²) in [6.45, 7) is 3.20. The van der Waals surface area contributed by atoms with E-state index in [1.165, 1.54) is 0 Å². The molecule has 5 rings (SSSR count). The summed E-state index contributed by atoms with van der Waals surface area (Å²) in [6.07, 6.45) is 4.54. The number of carbonyl (C=O) groups is 2. The molecule has 0 amide bonds. The maximum absolute atomic E-state index is 13.3. The van der Waals surface area contributed by atoms with Crippen molar-refractivity contribution in [2.24, 2.45) is 0 Å². The Kier molecular flexibility index (Phi) is 6.11. The van der Waals surface area contributed by atoms with Crippen LogP contribution < -0.4 is 4.74 Å². The number of nitrogens with zero attached hydrogens (tertiary/aromatic N) is 1. The van der Waals surface area contributed by atoms with Crippen molar-refractivity contribution in [1.82, 2.24) is 4.90 Å². The van der Waals surface area contributed by atoms with Crippen LogP contribution in [0.1, 0.15) is 62.5 Å². The summed E-state index contributed by atoms with van der Waals surface area (Å²) in [4.78, 5) is 28.9. The zero-order valence-corrected chi connectivity index (χ0v) is 19.7. The van der Waals surface area contributed by atoms with Gasteiger partial charge in [0.2, 0.25) is 0 Å². The van der Waals surface area contributed by atoms with Crippen LogP contribution in [0.3, 0.4) is 0 Å². The number of hydrogen-bond acceptors (Lipinski definition) is 4. The molecule has 1 aliphatic heterocycles. The lowest BCUT2D eigenvalue weighted by molar-refractivity contribution is -0.117. The van der Waals surface area contributed by atoms with E-state index in [1.54, 1.807) is 0 Å². The van der Waals surface area contributed by atoms with Crippen molar-refractivity contribution in [3.63, 3.8) is 0 Å². The maximum Gasteiger partial charge on any atom is 0.161 e. The topological polar surface area (TPSA) is 46.6 Å². The summed E-state index contributed by atoms with van der Waals surface area (Å²) in [7, 11) is 0. The van der Waals surface area contributed by atoms with Crippen LogP contribution >= 0.6 is 11.6 Å². The van der Waals surface area contributed by atoms with Crippen LogP contribution in [0.5, 0.6) is 5.75 Å². The molecule has 0 atom stereocenters. The van der Waals surface area contributed by atoms with E-state index in [9.17, 15) is 9.59 Å². The normalized spacial score (nSPS) is 19.0. The van der Waals surface area contributed by atoms with E-state index >= 15 is 0 Å². The van der Waals surface area contributed by atoms with Crippen molar-refractivity contribution >= 4 is 23.2 Å². The van der Waals surface area contributed by atoms with E-state index < -0.39 is 0 Å². The van der Waals surface area contributed by atoms with Crippen LogP contribution in [0, 0.1) is 0 Å². The van der Waals surface area contributed by atoms with Gasteiger partial charge in [0.05, 0.1) is 0 Å². The van der Waals surface area contributed by atoms with Gasteiger partial charge in [0.1, 0.15) is 12.4 Å². The smallest absolute Gasteiger partial charge is 0.161 e. The second-order valence-electron chi connectivity index (χ2n) is 8.87. The highest BCUT2D eigenvalue weighted by Crippen LogP contribution is 2.50. The van der Waals surface area contributed by atoms with Crippen LogP contribution in [0.2, 0.25) is 5.02 Å². The minimum Gasteiger partial charge on any atom is -0.489 e. The Morgan fingerprint density at radius 2 is 1.48 bits per heavy atom. The minimum atomic E-state index is -0.360. The Morgan fingerprint density at radius 3 is 2.12 bits per heavy atom. The number of ketones is 2. The fourth-order valence-corrected chi connectivity index (χ4v) is 5.72. The molecule has 0 unspecified atom stereocenters. The van der Waals surface area contributed by atoms with E-state index in [-0.39, 0.29) is 17.5 Å². The van der Waals surface area contributed by atoms with Crippen LogP contribution in [-0.2, 0) is 16.2 Å². The zero-order chi connectivity index (χ0) is 22.9. The molecule has 2 aliphatic carbocycles. The van der Waals surface area contributed by atoms with Crippen molar-refractivity contribution in [2.45, 2.75) is 58.0 Å². The molecule has 0 fully saturated rings. The summed E-state index contributed by atoms with van der Waals surface area (Å²) in [6, 6.07) is 15.5. The van der Waals surface area contributed by atoms with Gasteiger partial charge in [-0.3, -0.25) is 9.59 Å². The van der Waals surface area contributed by atoms with Gasteiger partial charge in [-0.2, -0.15) is 0 Å². The third-order valence-electron chi connectivity index (χ3n) is 6.97. The lowest BCUT2D eigenvalue weighted by atomic mass is 9.70. The van der Waals surface area contributed by atoms with Gasteiger partial charge in [0, 0.05) is 64.0 Å². The van der Waals surface area contributed by atoms with E-state index in [2.05, 4.69) is 11.8 Å². The SMILES string of the molecule is CCN1C2=C(C(=O)CCC2)C(c2ccccc2OCc2ccccc2Cl)C2=C1CCCC2=O. The minimum absolute atomic E-state index is 0.158. The molecular formula is C28H28ClNO3. The molecular weight excluding hydrogens is 434 g/mol. The number of benzene rings is 2. The maximum atomic E-state index is 13.3. The largest absolute Gasteiger partial charge is 0.489 e. The van der Waals surface area contributed by atoms with Crippen LogP contribution in [0.4, 0.5) is 0 Å². The predicted molar refractivity (Wildman–Crippen MR) is 129 cm³/mol. The van der Waals surface area contributed by atoms with Crippen LogP contribution in [0.15, 0.2) is 71.1 Å². The molecule has 0 aromatic heterocycles. The molecule has 170 valence electrons. The summed E-state index contributed by atoms with van der Waals surface area (Å²) < 4.78 is 6.27. The lowest BCUT2D eigenvalue weighted by Gasteiger charge is -2.43. The first-order valence-corrected chi connectivity index (χ1v) is 12.2. The summed E-state index contributed by atoms with van der Waals surface area (Å²) in [5.41, 5.74) is 5.60. The summed E-state index contributed by atoms with van der Waals surface area (Å²) in [5.74, 6) is 0.653. The number of Topliss-reactive ketones (excluding diaryl/α,β-unsaturated/α-hetero) is 2. The van der Waals surface area contributed by atoms with E-state index in [0.717, 1.165) is 65.9 Å². The summed E-state index contributed by atoms with van der Waals surface area (Å²) in [5, 5.41) is 0.658. The molecule has 0 spiro atoms. The van der Waals surface area contributed by atoms with Crippen molar-refractivity contribution in [1.29, 1.82) is 0 Å². The van der Waals surface area contributed by atoms with Gasteiger partial charge in [-0.1, -0.05) is 48.0 Å². The Hall–Kier alpha value is -2.85. The highest BCUT2D eigenvalue weighted by atomic mass is 35.5. The van der Waals surface area contributed by atoms with Gasteiger partial charge in [-0.05, 0) is 44.7 Å². The molecule has 33 heavy (non-hydrogen) atoms. The monoisotopic (exact) mass is 461 g/mol. The number of ether oxygens (including phenoxy) is 1. The molecule has 0 N–H and O–H groups in total. The average Bonchev–Trinajstić information content (AvgIpc) is 2.83. The van der Waals surface area contributed by atoms with Gasteiger partial charge >= 0.3 is 0 Å². The van der Waals surface area contributed by atoms with E-state index in [4.69, 9.17) is 16.3 Å².